The number of rotatable bonds is 1. The maximum atomic E-state index is 10.1. The van der Waals surface area contributed by atoms with Gasteiger partial charge in [0.15, 0.2) is 6.29 Å². The highest BCUT2D eigenvalue weighted by Gasteiger charge is 2.04. The van der Waals surface area contributed by atoms with Crippen molar-refractivity contribution in [3.05, 3.63) is 0 Å². The predicted octanol–water partition coefficient (Wildman–Crippen LogP) is -0.169. The quantitative estimate of drug-likeness (QED) is 0.440. The third kappa shape index (κ3) is 0.676. The lowest BCUT2D eigenvalue weighted by Crippen LogP contribution is -1.95. The van der Waals surface area contributed by atoms with Crippen LogP contribution in [-0.2, 0) is 4.79 Å². The minimum atomic E-state index is -0.605. The molecule has 0 unspecified atom stereocenters. The van der Waals surface area contributed by atoms with Crippen molar-refractivity contribution >= 4 is 24.2 Å². The molecule has 0 bridgehead atoms. The van der Waals surface area contributed by atoms with Gasteiger partial charge in [0.2, 0.25) is 0 Å². The van der Waals surface area contributed by atoms with Crippen LogP contribution in [0.4, 0.5) is 4.79 Å². The third-order valence-electron chi connectivity index (χ3n) is 0.653. The van der Waals surface area contributed by atoms with E-state index in [1.807, 2.05) is 0 Å². The zero-order valence-electron chi connectivity index (χ0n) is 3.87. The van der Waals surface area contributed by atoms with E-state index in [0.29, 0.717) is 6.29 Å². The molecule has 1 rings (SSSR count). The zero-order chi connectivity index (χ0) is 5.98. The maximum Gasteiger partial charge on any atom is 0.367 e. The van der Waals surface area contributed by atoms with E-state index in [-0.39, 0.29) is 5.71 Å². The molecule has 8 heavy (non-hydrogen) atoms. The van der Waals surface area contributed by atoms with Crippen molar-refractivity contribution in [2.24, 2.45) is 9.98 Å². The Bertz CT molecular complexity index is 192. The van der Waals surface area contributed by atoms with Gasteiger partial charge < -0.3 is 0 Å². The van der Waals surface area contributed by atoms with Crippen molar-refractivity contribution in [1.29, 1.82) is 0 Å². The van der Waals surface area contributed by atoms with E-state index in [2.05, 4.69) is 9.98 Å². The number of aliphatic imine (C=N–C) groups is 2. The number of urea groups is 1. The fourth-order valence-electron chi connectivity index (χ4n) is 0.346. The minimum Gasteiger partial charge on any atom is -0.296 e. The van der Waals surface area contributed by atoms with E-state index < -0.39 is 6.03 Å². The van der Waals surface area contributed by atoms with Crippen LogP contribution in [0.15, 0.2) is 9.98 Å². The Balaban J connectivity index is 2.87. The lowest BCUT2D eigenvalue weighted by Gasteiger charge is -1.68. The predicted molar refractivity (Wildman–Crippen MR) is 27.4 cm³/mol. The van der Waals surface area contributed by atoms with Gasteiger partial charge in [0.05, 0.1) is 6.21 Å². The summed E-state index contributed by atoms with van der Waals surface area (Å²) < 4.78 is 0. The van der Waals surface area contributed by atoms with Crippen LogP contribution in [0.5, 0.6) is 0 Å². The Morgan fingerprint density at radius 3 is 2.62 bits per heavy atom. The van der Waals surface area contributed by atoms with Gasteiger partial charge in [-0.2, -0.15) is 9.98 Å². The first kappa shape index (κ1) is 4.83. The summed E-state index contributed by atoms with van der Waals surface area (Å²) in [4.78, 5) is 26.2. The van der Waals surface area contributed by atoms with Gasteiger partial charge in [-0.05, 0) is 0 Å². The first-order chi connectivity index (χ1) is 3.83. The Morgan fingerprint density at radius 2 is 2.38 bits per heavy atom. The van der Waals surface area contributed by atoms with Gasteiger partial charge in [-0.1, -0.05) is 0 Å². The van der Waals surface area contributed by atoms with Crippen molar-refractivity contribution in [3.8, 4) is 0 Å². The summed E-state index contributed by atoms with van der Waals surface area (Å²) in [6.45, 7) is 0. The standard InChI is InChI=1S/C4H2N2O2/c7-2-3-1-5-4(8)6-3/h1-2H. The molecule has 0 aromatic rings. The van der Waals surface area contributed by atoms with Gasteiger partial charge in [0.1, 0.15) is 5.71 Å². The van der Waals surface area contributed by atoms with Crippen molar-refractivity contribution in [2.75, 3.05) is 0 Å². The number of carbonyl (C=O) groups is 2. The summed E-state index contributed by atoms with van der Waals surface area (Å²) in [5.74, 6) is 0. The third-order valence-corrected chi connectivity index (χ3v) is 0.653. The van der Waals surface area contributed by atoms with Gasteiger partial charge in [0.25, 0.3) is 0 Å². The Kier molecular flexibility index (Phi) is 0.997. The molecule has 0 saturated heterocycles. The second-order valence-electron chi connectivity index (χ2n) is 1.20. The van der Waals surface area contributed by atoms with E-state index in [9.17, 15) is 9.59 Å². The monoisotopic (exact) mass is 110 g/mol. The van der Waals surface area contributed by atoms with Crippen LogP contribution >= 0.6 is 0 Å². The molecule has 1 aliphatic rings. The Hall–Kier alpha value is -1.32. The lowest BCUT2D eigenvalue weighted by atomic mass is 10.5. The summed E-state index contributed by atoms with van der Waals surface area (Å²) in [7, 11) is 0. The van der Waals surface area contributed by atoms with Crippen LogP contribution in [0.3, 0.4) is 0 Å². The van der Waals surface area contributed by atoms with Gasteiger partial charge in [-0.25, -0.2) is 4.79 Å². The first-order valence-electron chi connectivity index (χ1n) is 1.95. The molecular weight excluding hydrogens is 108 g/mol. The smallest absolute Gasteiger partial charge is 0.296 e. The van der Waals surface area contributed by atoms with E-state index in [1.165, 1.54) is 0 Å². The van der Waals surface area contributed by atoms with E-state index in [4.69, 9.17) is 0 Å². The molecule has 0 aromatic carbocycles. The molecule has 1 heterocycles. The van der Waals surface area contributed by atoms with Crippen LogP contribution in [0.25, 0.3) is 0 Å². The highest BCUT2D eigenvalue weighted by atomic mass is 16.2. The topological polar surface area (TPSA) is 58.9 Å². The molecule has 0 aromatic heterocycles. The van der Waals surface area contributed by atoms with Gasteiger partial charge in [-0.3, -0.25) is 4.79 Å². The average Bonchev–Trinajstić information content (AvgIpc) is 2.14. The summed E-state index contributed by atoms with van der Waals surface area (Å²) in [6, 6.07) is -0.605. The van der Waals surface area contributed by atoms with Crippen LogP contribution < -0.4 is 0 Å². The molecule has 1 aliphatic heterocycles. The van der Waals surface area contributed by atoms with Crippen molar-refractivity contribution < 1.29 is 9.59 Å². The second-order valence-corrected chi connectivity index (χ2v) is 1.20. The van der Waals surface area contributed by atoms with Crippen molar-refractivity contribution in [1.82, 2.24) is 0 Å². The normalized spacial score (nSPS) is 16.5. The first-order valence-corrected chi connectivity index (χ1v) is 1.95. The van der Waals surface area contributed by atoms with E-state index >= 15 is 0 Å². The Morgan fingerprint density at radius 1 is 1.62 bits per heavy atom. The highest BCUT2D eigenvalue weighted by molar-refractivity contribution is 6.58. The van der Waals surface area contributed by atoms with Crippen molar-refractivity contribution in [3.63, 3.8) is 0 Å². The molecule has 0 saturated carbocycles. The molecular formula is C4H2N2O2. The van der Waals surface area contributed by atoms with Crippen LogP contribution in [0.2, 0.25) is 0 Å². The summed E-state index contributed by atoms with van der Waals surface area (Å²) in [5.41, 5.74) is 0.0926. The SMILES string of the molecule is O=CC1=NC(=O)N=C1. The lowest BCUT2D eigenvalue weighted by molar-refractivity contribution is -0.102. The molecule has 0 atom stereocenters. The maximum absolute atomic E-state index is 10.1. The molecule has 0 spiro atoms. The largest absolute Gasteiger partial charge is 0.367 e. The number of amides is 2. The molecule has 0 aliphatic carbocycles. The number of carbonyl (C=O) groups excluding carboxylic acids is 2. The summed E-state index contributed by atoms with van der Waals surface area (Å²) in [5, 5.41) is 0. The number of hydrogen-bond acceptors (Lipinski definition) is 2. The molecule has 0 fully saturated rings. The fraction of sp³-hybridized carbons (Fsp3) is 0. The van der Waals surface area contributed by atoms with E-state index in [0.717, 1.165) is 6.21 Å². The van der Waals surface area contributed by atoms with Gasteiger partial charge >= 0.3 is 6.03 Å². The minimum absolute atomic E-state index is 0.0926. The Labute approximate surface area is 44.9 Å². The average molecular weight is 110 g/mol. The molecule has 0 radical (unpaired) electrons. The molecule has 4 nitrogen and oxygen atoms in total. The molecule has 40 valence electrons. The second kappa shape index (κ2) is 1.65. The van der Waals surface area contributed by atoms with Gasteiger partial charge in [0, 0.05) is 0 Å². The summed E-state index contributed by atoms with van der Waals surface area (Å²) >= 11 is 0. The van der Waals surface area contributed by atoms with Crippen LogP contribution in [0.1, 0.15) is 0 Å². The zero-order valence-corrected chi connectivity index (χ0v) is 3.87. The molecule has 0 N–H and O–H groups in total. The van der Waals surface area contributed by atoms with Gasteiger partial charge in [-0.15, -0.1) is 0 Å². The number of nitrogens with zero attached hydrogens (tertiary/aromatic N) is 2. The van der Waals surface area contributed by atoms with Crippen molar-refractivity contribution in [2.45, 2.75) is 0 Å². The van der Waals surface area contributed by atoms with Crippen LogP contribution in [0, 0.1) is 0 Å². The molecule has 2 amide bonds. The van der Waals surface area contributed by atoms with E-state index in [1.54, 1.807) is 0 Å². The van der Waals surface area contributed by atoms with Crippen LogP contribution in [-0.4, -0.2) is 24.2 Å². The fourth-order valence-corrected chi connectivity index (χ4v) is 0.346. The number of aldehydes is 1. The highest BCUT2D eigenvalue weighted by Crippen LogP contribution is 1.88. The summed E-state index contributed by atoms with van der Waals surface area (Å²) in [6.07, 6.45) is 1.61. The number of hydrogen-bond donors (Lipinski definition) is 0. The molecule has 4 heteroatoms.